The van der Waals surface area contributed by atoms with Crippen LogP contribution in [0.4, 0.5) is 4.39 Å². The molecule has 0 aliphatic heterocycles. The van der Waals surface area contributed by atoms with E-state index >= 15 is 0 Å². The molecule has 3 heteroatoms. The van der Waals surface area contributed by atoms with Crippen molar-refractivity contribution in [1.82, 2.24) is 5.32 Å². The monoisotopic (exact) mass is 313 g/mol. The number of halogens is 2. The molecular formula is C18H29ClFN. The summed E-state index contributed by atoms with van der Waals surface area (Å²) in [6, 6.07) is 3.56. The Hall–Kier alpha value is -0.600. The van der Waals surface area contributed by atoms with Gasteiger partial charge in [0.25, 0.3) is 0 Å². The molecule has 1 rings (SSSR count). The molecule has 0 amide bonds. The van der Waals surface area contributed by atoms with Crippen molar-refractivity contribution in [2.45, 2.75) is 71.8 Å². The summed E-state index contributed by atoms with van der Waals surface area (Å²) in [5.41, 5.74) is 1.70. The third-order valence-corrected chi connectivity index (χ3v) is 4.28. The van der Waals surface area contributed by atoms with Gasteiger partial charge in [-0.1, -0.05) is 70.0 Å². The molecule has 1 nitrogen and oxygen atoms in total. The first kappa shape index (κ1) is 18.4. The molecule has 0 aliphatic rings. The van der Waals surface area contributed by atoms with Crippen molar-refractivity contribution < 1.29 is 4.39 Å². The van der Waals surface area contributed by atoms with E-state index in [1.165, 1.54) is 44.6 Å². The van der Waals surface area contributed by atoms with E-state index in [0.29, 0.717) is 10.6 Å². The molecule has 1 aromatic rings. The Labute approximate surface area is 134 Å². The summed E-state index contributed by atoms with van der Waals surface area (Å²) in [4.78, 5) is 0. The smallest absolute Gasteiger partial charge is 0.127 e. The molecule has 0 aromatic heterocycles. The molecule has 0 saturated heterocycles. The quantitative estimate of drug-likeness (QED) is 0.508. The summed E-state index contributed by atoms with van der Waals surface area (Å²) in [7, 11) is 0. The highest BCUT2D eigenvalue weighted by molar-refractivity contribution is 6.31. The highest BCUT2D eigenvalue weighted by atomic mass is 35.5. The van der Waals surface area contributed by atoms with Gasteiger partial charge in [0, 0.05) is 11.1 Å². The number of nitrogens with one attached hydrogen (secondary N) is 1. The van der Waals surface area contributed by atoms with Gasteiger partial charge in [0.2, 0.25) is 0 Å². The molecule has 0 fully saturated rings. The van der Waals surface area contributed by atoms with Gasteiger partial charge < -0.3 is 5.32 Å². The van der Waals surface area contributed by atoms with Crippen LogP contribution in [0.15, 0.2) is 12.1 Å². The van der Waals surface area contributed by atoms with Gasteiger partial charge >= 0.3 is 0 Å². The van der Waals surface area contributed by atoms with Crippen LogP contribution < -0.4 is 5.32 Å². The lowest BCUT2D eigenvalue weighted by atomic mass is 9.98. The van der Waals surface area contributed by atoms with Crippen molar-refractivity contribution in [3.8, 4) is 0 Å². The number of unbranched alkanes of at least 4 members (excludes halogenated alkanes) is 5. The van der Waals surface area contributed by atoms with Crippen LogP contribution in [0.5, 0.6) is 0 Å². The molecule has 0 spiro atoms. The third-order valence-electron chi connectivity index (χ3n) is 3.95. The maximum absolute atomic E-state index is 13.5. The van der Waals surface area contributed by atoms with Gasteiger partial charge in [-0.15, -0.1) is 0 Å². The van der Waals surface area contributed by atoms with E-state index in [1.54, 1.807) is 6.92 Å². The van der Waals surface area contributed by atoms with Crippen molar-refractivity contribution >= 4 is 11.6 Å². The van der Waals surface area contributed by atoms with Gasteiger partial charge in [0.05, 0.1) is 0 Å². The van der Waals surface area contributed by atoms with E-state index in [0.717, 1.165) is 18.5 Å². The van der Waals surface area contributed by atoms with Gasteiger partial charge in [-0.3, -0.25) is 0 Å². The van der Waals surface area contributed by atoms with Crippen LogP contribution in [0.3, 0.4) is 0 Å². The van der Waals surface area contributed by atoms with Crippen LogP contribution in [0.25, 0.3) is 0 Å². The highest BCUT2D eigenvalue weighted by Crippen LogP contribution is 2.29. The number of rotatable bonds is 10. The van der Waals surface area contributed by atoms with Gasteiger partial charge in [0.15, 0.2) is 0 Å². The van der Waals surface area contributed by atoms with E-state index in [9.17, 15) is 4.39 Å². The SMILES string of the molecule is CCCCCCCCC(NCC)c1cc(C)c(F)cc1Cl. The van der Waals surface area contributed by atoms with E-state index in [4.69, 9.17) is 11.6 Å². The molecule has 1 atom stereocenters. The predicted molar refractivity (Wildman–Crippen MR) is 90.6 cm³/mol. The summed E-state index contributed by atoms with van der Waals surface area (Å²) >= 11 is 6.23. The molecule has 1 unspecified atom stereocenters. The van der Waals surface area contributed by atoms with Gasteiger partial charge in [-0.05, 0) is 37.1 Å². The normalized spacial score (nSPS) is 12.6. The lowest BCUT2D eigenvalue weighted by Crippen LogP contribution is -2.21. The molecule has 0 heterocycles. The second-order valence-corrected chi connectivity index (χ2v) is 6.20. The topological polar surface area (TPSA) is 12.0 Å². The number of hydrogen-bond donors (Lipinski definition) is 1. The number of benzene rings is 1. The van der Waals surface area contributed by atoms with E-state index < -0.39 is 0 Å². The van der Waals surface area contributed by atoms with Crippen LogP contribution >= 0.6 is 11.6 Å². The standard InChI is InChI=1S/C18H29ClFN/c1-4-6-7-8-9-10-11-18(21-5-2)15-12-14(3)17(20)13-16(15)19/h12-13,18,21H,4-11H2,1-3H3. The Bertz CT molecular complexity index is 420. The maximum Gasteiger partial charge on any atom is 0.127 e. The van der Waals surface area contributed by atoms with Crippen LogP contribution in [-0.4, -0.2) is 6.54 Å². The zero-order valence-corrected chi connectivity index (χ0v) is 14.4. The van der Waals surface area contributed by atoms with Crippen molar-refractivity contribution in [3.05, 3.63) is 34.1 Å². The first-order valence-electron chi connectivity index (χ1n) is 8.29. The predicted octanol–water partition coefficient (Wildman–Crippen LogP) is 6.19. The average Bonchev–Trinajstić information content (AvgIpc) is 2.45. The van der Waals surface area contributed by atoms with Crippen molar-refractivity contribution in [2.24, 2.45) is 0 Å². The van der Waals surface area contributed by atoms with Gasteiger partial charge in [-0.2, -0.15) is 0 Å². The molecular weight excluding hydrogens is 285 g/mol. The fourth-order valence-corrected chi connectivity index (χ4v) is 2.97. The molecule has 1 aromatic carbocycles. The average molecular weight is 314 g/mol. The van der Waals surface area contributed by atoms with Crippen LogP contribution in [0.2, 0.25) is 5.02 Å². The van der Waals surface area contributed by atoms with E-state index in [2.05, 4.69) is 19.2 Å². The largest absolute Gasteiger partial charge is 0.310 e. The lowest BCUT2D eigenvalue weighted by Gasteiger charge is -2.20. The summed E-state index contributed by atoms with van der Waals surface area (Å²) in [5, 5.41) is 4.02. The lowest BCUT2D eigenvalue weighted by molar-refractivity contribution is 0.476. The Morgan fingerprint density at radius 2 is 1.76 bits per heavy atom. The minimum Gasteiger partial charge on any atom is -0.310 e. The van der Waals surface area contributed by atoms with E-state index in [-0.39, 0.29) is 11.9 Å². The zero-order chi connectivity index (χ0) is 15.7. The molecule has 0 radical (unpaired) electrons. The molecule has 1 N–H and O–H groups in total. The van der Waals surface area contributed by atoms with Crippen molar-refractivity contribution in [2.75, 3.05) is 6.54 Å². The van der Waals surface area contributed by atoms with Gasteiger partial charge in [-0.25, -0.2) is 4.39 Å². The number of aryl methyl sites for hydroxylation is 1. The highest BCUT2D eigenvalue weighted by Gasteiger charge is 2.15. The third kappa shape index (κ3) is 6.36. The number of hydrogen-bond acceptors (Lipinski definition) is 1. The van der Waals surface area contributed by atoms with Crippen LogP contribution in [-0.2, 0) is 0 Å². The molecule has 21 heavy (non-hydrogen) atoms. The fourth-order valence-electron chi connectivity index (χ4n) is 2.69. The van der Waals surface area contributed by atoms with Crippen LogP contribution in [0, 0.1) is 12.7 Å². The fraction of sp³-hybridized carbons (Fsp3) is 0.667. The van der Waals surface area contributed by atoms with Crippen molar-refractivity contribution in [3.63, 3.8) is 0 Å². The van der Waals surface area contributed by atoms with E-state index in [1.807, 2.05) is 6.07 Å². The van der Waals surface area contributed by atoms with Gasteiger partial charge in [0.1, 0.15) is 5.82 Å². The molecule has 0 aliphatic carbocycles. The molecule has 0 bridgehead atoms. The summed E-state index contributed by atoms with van der Waals surface area (Å²) in [6.45, 7) is 7.02. The Balaban J connectivity index is 2.58. The molecule has 120 valence electrons. The second-order valence-electron chi connectivity index (χ2n) is 5.79. The van der Waals surface area contributed by atoms with Crippen LogP contribution in [0.1, 0.15) is 76.0 Å². The zero-order valence-electron chi connectivity index (χ0n) is 13.6. The minimum absolute atomic E-state index is 0.224. The Kier molecular flexibility index (Phi) is 8.94. The summed E-state index contributed by atoms with van der Waals surface area (Å²) in [6.07, 6.45) is 8.77. The first-order chi connectivity index (χ1) is 10.1. The Morgan fingerprint density at radius 3 is 2.43 bits per heavy atom. The first-order valence-corrected chi connectivity index (χ1v) is 8.66. The minimum atomic E-state index is -0.224. The molecule has 0 saturated carbocycles. The summed E-state index contributed by atoms with van der Waals surface area (Å²) in [5.74, 6) is -0.224. The second kappa shape index (κ2) is 10.2. The summed E-state index contributed by atoms with van der Waals surface area (Å²) < 4.78 is 13.5. The van der Waals surface area contributed by atoms with Crippen molar-refractivity contribution in [1.29, 1.82) is 0 Å². The Morgan fingerprint density at radius 1 is 1.10 bits per heavy atom. The maximum atomic E-state index is 13.5.